The molecule has 1 fully saturated rings. The number of nitrogens with zero attached hydrogens (tertiary/aromatic N) is 1. The molecule has 0 amide bonds. The summed E-state index contributed by atoms with van der Waals surface area (Å²) in [5, 5.41) is 0. The number of piperidine rings is 1. The third kappa shape index (κ3) is 2.63. The van der Waals surface area contributed by atoms with E-state index in [2.05, 4.69) is 18.7 Å². The van der Waals surface area contributed by atoms with Gasteiger partial charge in [-0.25, -0.2) is 0 Å². The number of hydrogen-bond donors (Lipinski definition) is 0. The van der Waals surface area contributed by atoms with Crippen LogP contribution in [-0.4, -0.2) is 29.4 Å². The predicted octanol–water partition coefficient (Wildman–Crippen LogP) is 2.88. The van der Waals surface area contributed by atoms with Gasteiger partial charge in [0.1, 0.15) is 0 Å². The maximum atomic E-state index is 5.78. The van der Waals surface area contributed by atoms with Crippen LogP contribution in [0.3, 0.4) is 0 Å². The lowest BCUT2D eigenvalue weighted by Gasteiger charge is -2.38. The second-order valence-electron chi connectivity index (χ2n) is 3.96. The molecule has 0 N–H and O–H groups in total. The highest BCUT2D eigenvalue weighted by Gasteiger charge is 2.23. The maximum absolute atomic E-state index is 5.78. The molecule has 72 valence electrons. The van der Waals surface area contributed by atoms with Crippen LogP contribution in [0.5, 0.6) is 0 Å². The first-order valence-electron chi connectivity index (χ1n) is 5.07. The lowest BCUT2D eigenvalue weighted by molar-refractivity contribution is 0.109. The Balaban J connectivity index is 2.42. The smallest absolute Gasteiger partial charge is 0.0238 e. The van der Waals surface area contributed by atoms with E-state index in [0.29, 0.717) is 6.04 Å². The summed E-state index contributed by atoms with van der Waals surface area (Å²) in [5.41, 5.74) is 0. The fraction of sp³-hybridized carbons (Fsp3) is 1.00. The lowest BCUT2D eigenvalue weighted by atomic mass is 9.98. The van der Waals surface area contributed by atoms with Crippen LogP contribution in [0.1, 0.15) is 39.5 Å². The van der Waals surface area contributed by atoms with E-state index in [9.17, 15) is 0 Å². The molecule has 1 unspecified atom stereocenters. The molecule has 0 aromatic heterocycles. The van der Waals surface area contributed by atoms with E-state index in [1.807, 2.05) is 0 Å². The standard InChI is InChI=1S/C10H20ClN/c1-9(2)12-8-4-3-5-10(12)6-7-11/h9-10H,3-8H2,1-2H3. The van der Waals surface area contributed by atoms with Crippen LogP contribution >= 0.6 is 11.6 Å². The van der Waals surface area contributed by atoms with Gasteiger partial charge in [-0.15, -0.1) is 11.6 Å². The molecular formula is C10H20ClN. The lowest BCUT2D eigenvalue weighted by Crippen LogP contribution is -2.43. The van der Waals surface area contributed by atoms with E-state index in [0.717, 1.165) is 11.9 Å². The molecule has 0 spiro atoms. The van der Waals surface area contributed by atoms with Crippen LogP contribution in [0.2, 0.25) is 0 Å². The van der Waals surface area contributed by atoms with Gasteiger partial charge in [0.25, 0.3) is 0 Å². The summed E-state index contributed by atoms with van der Waals surface area (Å²) in [7, 11) is 0. The van der Waals surface area contributed by atoms with E-state index in [-0.39, 0.29) is 0 Å². The van der Waals surface area contributed by atoms with Crippen molar-refractivity contribution < 1.29 is 0 Å². The van der Waals surface area contributed by atoms with Gasteiger partial charge in [-0.1, -0.05) is 6.42 Å². The molecule has 0 radical (unpaired) electrons. The van der Waals surface area contributed by atoms with Crippen molar-refractivity contribution in [2.24, 2.45) is 0 Å². The van der Waals surface area contributed by atoms with Crippen LogP contribution in [0.15, 0.2) is 0 Å². The van der Waals surface area contributed by atoms with Crippen LogP contribution in [-0.2, 0) is 0 Å². The molecular weight excluding hydrogens is 170 g/mol. The van der Waals surface area contributed by atoms with E-state index in [1.165, 1.54) is 32.2 Å². The van der Waals surface area contributed by atoms with Gasteiger partial charge in [-0.3, -0.25) is 4.90 Å². The Bertz CT molecular complexity index is 123. The summed E-state index contributed by atoms with van der Waals surface area (Å²) in [5.74, 6) is 0.813. The van der Waals surface area contributed by atoms with E-state index < -0.39 is 0 Å². The fourth-order valence-corrected chi connectivity index (χ4v) is 2.39. The van der Waals surface area contributed by atoms with Crippen molar-refractivity contribution >= 4 is 11.6 Å². The van der Waals surface area contributed by atoms with Gasteiger partial charge in [0.05, 0.1) is 0 Å². The monoisotopic (exact) mass is 189 g/mol. The summed E-state index contributed by atoms with van der Waals surface area (Å²) in [6, 6.07) is 1.45. The summed E-state index contributed by atoms with van der Waals surface area (Å²) in [6.07, 6.45) is 5.28. The van der Waals surface area contributed by atoms with Gasteiger partial charge in [0.2, 0.25) is 0 Å². The molecule has 1 heterocycles. The minimum atomic E-state index is 0.693. The van der Waals surface area contributed by atoms with Crippen LogP contribution in [0.25, 0.3) is 0 Å². The zero-order chi connectivity index (χ0) is 8.97. The summed E-state index contributed by atoms with van der Waals surface area (Å²) < 4.78 is 0. The third-order valence-corrected chi connectivity index (χ3v) is 3.00. The largest absolute Gasteiger partial charge is 0.298 e. The summed E-state index contributed by atoms with van der Waals surface area (Å²) >= 11 is 5.78. The molecule has 0 aliphatic carbocycles. The van der Waals surface area contributed by atoms with Crippen molar-refractivity contribution in [2.75, 3.05) is 12.4 Å². The molecule has 0 aromatic carbocycles. The number of hydrogen-bond acceptors (Lipinski definition) is 1. The molecule has 0 saturated carbocycles. The van der Waals surface area contributed by atoms with Crippen molar-refractivity contribution in [2.45, 2.75) is 51.6 Å². The number of likely N-dealkylation sites (tertiary alicyclic amines) is 1. The van der Waals surface area contributed by atoms with Crippen molar-refractivity contribution in [3.8, 4) is 0 Å². The maximum Gasteiger partial charge on any atom is 0.0238 e. The highest BCUT2D eigenvalue weighted by Crippen LogP contribution is 2.21. The summed E-state index contributed by atoms with van der Waals surface area (Å²) in [4.78, 5) is 2.60. The Hall–Kier alpha value is 0.250. The highest BCUT2D eigenvalue weighted by atomic mass is 35.5. The first kappa shape index (κ1) is 10.3. The predicted molar refractivity (Wildman–Crippen MR) is 54.8 cm³/mol. The molecule has 1 rings (SSSR count). The van der Waals surface area contributed by atoms with Crippen LogP contribution in [0, 0.1) is 0 Å². The second-order valence-corrected chi connectivity index (χ2v) is 4.34. The fourth-order valence-electron chi connectivity index (χ4n) is 2.14. The van der Waals surface area contributed by atoms with Gasteiger partial charge < -0.3 is 0 Å². The molecule has 1 aliphatic heterocycles. The minimum absolute atomic E-state index is 0.693. The van der Waals surface area contributed by atoms with Gasteiger partial charge in [-0.05, 0) is 39.7 Å². The zero-order valence-corrected chi connectivity index (χ0v) is 8.98. The Kier molecular flexibility index (Phi) is 4.38. The number of halogens is 1. The normalized spacial score (nSPS) is 26.5. The Morgan fingerprint density at radius 2 is 2.17 bits per heavy atom. The second kappa shape index (κ2) is 5.08. The average molecular weight is 190 g/mol. The quantitative estimate of drug-likeness (QED) is 0.618. The van der Waals surface area contributed by atoms with Gasteiger partial charge in [0.15, 0.2) is 0 Å². The first-order chi connectivity index (χ1) is 5.75. The minimum Gasteiger partial charge on any atom is -0.298 e. The molecule has 0 aromatic rings. The Morgan fingerprint density at radius 1 is 1.42 bits per heavy atom. The van der Waals surface area contributed by atoms with Crippen molar-refractivity contribution in [3.63, 3.8) is 0 Å². The highest BCUT2D eigenvalue weighted by molar-refractivity contribution is 6.17. The zero-order valence-electron chi connectivity index (χ0n) is 8.22. The number of rotatable bonds is 3. The molecule has 1 atom stereocenters. The molecule has 0 bridgehead atoms. The molecule has 1 saturated heterocycles. The van der Waals surface area contributed by atoms with Gasteiger partial charge in [0, 0.05) is 18.0 Å². The van der Waals surface area contributed by atoms with E-state index in [1.54, 1.807) is 0 Å². The molecule has 1 nitrogen and oxygen atoms in total. The van der Waals surface area contributed by atoms with Crippen molar-refractivity contribution in [1.82, 2.24) is 4.90 Å². The molecule has 2 heteroatoms. The Labute approximate surface area is 81.1 Å². The van der Waals surface area contributed by atoms with Crippen molar-refractivity contribution in [1.29, 1.82) is 0 Å². The number of alkyl halides is 1. The molecule has 1 aliphatic rings. The van der Waals surface area contributed by atoms with Crippen molar-refractivity contribution in [3.05, 3.63) is 0 Å². The Morgan fingerprint density at radius 3 is 2.75 bits per heavy atom. The van der Waals surface area contributed by atoms with Gasteiger partial charge in [-0.2, -0.15) is 0 Å². The average Bonchev–Trinajstić information content (AvgIpc) is 2.05. The molecule has 12 heavy (non-hydrogen) atoms. The SMILES string of the molecule is CC(C)N1CCCCC1CCCl. The van der Waals surface area contributed by atoms with Gasteiger partial charge >= 0.3 is 0 Å². The van der Waals surface area contributed by atoms with Crippen LogP contribution < -0.4 is 0 Å². The van der Waals surface area contributed by atoms with E-state index >= 15 is 0 Å². The topological polar surface area (TPSA) is 3.24 Å². The summed E-state index contributed by atoms with van der Waals surface area (Å²) in [6.45, 7) is 5.85. The van der Waals surface area contributed by atoms with E-state index in [4.69, 9.17) is 11.6 Å². The third-order valence-electron chi connectivity index (χ3n) is 2.78. The van der Waals surface area contributed by atoms with Crippen LogP contribution in [0.4, 0.5) is 0 Å². The first-order valence-corrected chi connectivity index (χ1v) is 5.61.